The number of rotatable bonds is 3. The van der Waals surface area contributed by atoms with Crippen LogP contribution in [-0.2, 0) is 0 Å². The van der Waals surface area contributed by atoms with E-state index in [1.807, 2.05) is 36.4 Å². The van der Waals surface area contributed by atoms with Gasteiger partial charge in [-0.05, 0) is 0 Å². The molecular weight excluding hydrogens is 266 g/mol. The first-order valence-electron chi connectivity index (χ1n) is 6.42. The molecule has 0 radical (unpaired) electrons. The Kier molecular flexibility index (Phi) is 2.60. The van der Waals surface area contributed by atoms with Gasteiger partial charge >= 0.3 is 0 Å². The molecule has 0 aliphatic carbocycles. The van der Waals surface area contributed by atoms with Crippen molar-refractivity contribution in [2.75, 3.05) is 5.32 Å². The Labute approximate surface area is 119 Å². The molecule has 0 atom stereocenters. The standard InChI is InChI=1S/C14H11N7/c1-2-4-9(5-3-1)10-6-12(21-20-10)18-14-15-7-11-13(19-14)17-8-16-11/h1-8H,(H3,15,16,17,18,19,20,21). The van der Waals surface area contributed by atoms with E-state index in [0.717, 1.165) is 22.6 Å². The molecule has 0 aliphatic heterocycles. The van der Waals surface area contributed by atoms with E-state index in [-0.39, 0.29) is 0 Å². The second-order valence-corrected chi connectivity index (χ2v) is 4.49. The SMILES string of the molecule is c1ccc(-c2cc(Nc3ncc4nc[nH]c4n3)[nH]n2)cc1. The molecule has 0 fully saturated rings. The average molecular weight is 277 g/mol. The summed E-state index contributed by atoms with van der Waals surface area (Å²) in [6, 6.07) is 11.9. The maximum absolute atomic E-state index is 4.32. The summed E-state index contributed by atoms with van der Waals surface area (Å²) >= 11 is 0. The van der Waals surface area contributed by atoms with Crippen LogP contribution in [0.25, 0.3) is 22.4 Å². The summed E-state index contributed by atoms with van der Waals surface area (Å²) in [5.74, 6) is 1.21. The number of nitrogens with zero attached hydrogens (tertiary/aromatic N) is 4. The molecular formula is C14H11N7. The Morgan fingerprint density at radius 1 is 1.05 bits per heavy atom. The number of hydrogen-bond acceptors (Lipinski definition) is 5. The smallest absolute Gasteiger partial charge is 0.230 e. The van der Waals surface area contributed by atoms with Crippen LogP contribution in [0.3, 0.4) is 0 Å². The van der Waals surface area contributed by atoms with Gasteiger partial charge in [-0.25, -0.2) is 9.97 Å². The van der Waals surface area contributed by atoms with Crippen molar-refractivity contribution >= 4 is 22.9 Å². The number of imidazole rings is 1. The molecule has 4 rings (SSSR count). The van der Waals surface area contributed by atoms with Crippen LogP contribution in [0, 0.1) is 0 Å². The minimum atomic E-state index is 0.481. The van der Waals surface area contributed by atoms with Gasteiger partial charge in [0.25, 0.3) is 0 Å². The first-order chi connectivity index (χ1) is 10.4. The Balaban J connectivity index is 1.61. The fraction of sp³-hybridized carbons (Fsp3) is 0. The molecule has 0 spiro atoms. The number of nitrogens with one attached hydrogen (secondary N) is 3. The molecule has 102 valence electrons. The van der Waals surface area contributed by atoms with Crippen LogP contribution in [-0.4, -0.2) is 30.1 Å². The molecule has 0 bridgehead atoms. The minimum Gasteiger partial charge on any atom is -0.329 e. The van der Waals surface area contributed by atoms with E-state index in [4.69, 9.17) is 0 Å². The fourth-order valence-electron chi connectivity index (χ4n) is 2.06. The lowest BCUT2D eigenvalue weighted by molar-refractivity contribution is 1.08. The quantitative estimate of drug-likeness (QED) is 0.534. The van der Waals surface area contributed by atoms with E-state index in [1.165, 1.54) is 0 Å². The normalized spacial score (nSPS) is 10.9. The largest absolute Gasteiger partial charge is 0.329 e. The van der Waals surface area contributed by atoms with Crippen molar-refractivity contribution in [1.82, 2.24) is 30.1 Å². The predicted molar refractivity (Wildman–Crippen MR) is 79.0 cm³/mol. The summed E-state index contributed by atoms with van der Waals surface area (Å²) in [7, 11) is 0. The summed E-state index contributed by atoms with van der Waals surface area (Å²) in [4.78, 5) is 15.6. The summed E-state index contributed by atoms with van der Waals surface area (Å²) in [5.41, 5.74) is 3.33. The second kappa shape index (κ2) is 4.71. The minimum absolute atomic E-state index is 0.481. The van der Waals surface area contributed by atoms with Crippen molar-refractivity contribution in [1.29, 1.82) is 0 Å². The third-order valence-corrected chi connectivity index (χ3v) is 3.07. The van der Waals surface area contributed by atoms with Crippen molar-refractivity contribution in [2.45, 2.75) is 0 Å². The topological polar surface area (TPSA) is 95.2 Å². The van der Waals surface area contributed by atoms with Crippen LogP contribution >= 0.6 is 0 Å². The zero-order valence-corrected chi connectivity index (χ0v) is 10.9. The molecule has 7 nitrogen and oxygen atoms in total. The first-order valence-corrected chi connectivity index (χ1v) is 6.42. The Hall–Kier alpha value is -3.22. The van der Waals surface area contributed by atoms with Crippen LogP contribution in [0.5, 0.6) is 0 Å². The first kappa shape index (κ1) is 11.6. The molecule has 1 aromatic carbocycles. The number of hydrogen-bond donors (Lipinski definition) is 3. The predicted octanol–water partition coefficient (Wildman–Crippen LogP) is 2.49. The van der Waals surface area contributed by atoms with Crippen molar-refractivity contribution in [3.05, 3.63) is 48.9 Å². The average Bonchev–Trinajstić information content (AvgIpc) is 3.17. The van der Waals surface area contributed by atoms with Crippen molar-refractivity contribution < 1.29 is 0 Å². The van der Waals surface area contributed by atoms with E-state index in [2.05, 4.69) is 35.5 Å². The Bertz CT molecular complexity index is 878. The third kappa shape index (κ3) is 2.20. The van der Waals surface area contributed by atoms with Crippen molar-refractivity contribution in [2.24, 2.45) is 0 Å². The highest BCUT2D eigenvalue weighted by Gasteiger charge is 2.06. The molecule has 7 heteroatoms. The van der Waals surface area contributed by atoms with Crippen molar-refractivity contribution in [3.8, 4) is 11.3 Å². The molecule has 21 heavy (non-hydrogen) atoms. The van der Waals surface area contributed by atoms with Crippen LogP contribution in [0.4, 0.5) is 11.8 Å². The summed E-state index contributed by atoms with van der Waals surface area (Å²) in [6.07, 6.45) is 3.25. The Morgan fingerprint density at radius 2 is 1.95 bits per heavy atom. The van der Waals surface area contributed by atoms with Crippen LogP contribution in [0.2, 0.25) is 0 Å². The molecule has 0 amide bonds. The van der Waals surface area contributed by atoms with Gasteiger partial charge in [0.1, 0.15) is 11.3 Å². The molecule has 0 saturated carbocycles. The van der Waals surface area contributed by atoms with E-state index >= 15 is 0 Å². The summed E-state index contributed by atoms with van der Waals surface area (Å²) < 4.78 is 0. The number of anilines is 2. The molecule has 4 aromatic rings. The summed E-state index contributed by atoms with van der Waals surface area (Å²) in [6.45, 7) is 0. The maximum atomic E-state index is 4.32. The monoisotopic (exact) mass is 277 g/mol. The van der Waals surface area contributed by atoms with Crippen molar-refractivity contribution in [3.63, 3.8) is 0 Å². The number of aromatic amines is 2. The van der Waals surface area contributed by atoms with Gasteiger partial charge in [-0.1, -0.05) is 30.3 Å². The summed E-state index contributed by atoms with van der Waals surface area (Å²) in [5, 5.41) is 10.3. The lowest BCUT2D eigenvalue weighted by atomic mass is 10.2. The highest BCUT2D eigenvalue weighted by Crippen LogP contribution is 2.20. The number of aromatic nitrogens is 6. The van der Waals surface area contributed by atoms with Gasteiger partial charge in [-0.2, -0.15) is 10.1 Å². The molecule has 0 aliphatic rings. The maximum Gasteiger partial charge on any atom is 0.230 e. The Morgan fingerprint density at radius 3 is 2.86 bits per heavy atom. The third-order valence-electron chi connectivity index (χ3n) is 3.07. The van der Waals surface area contributed by atoms with Gasteiger partial charge in [0.05, 0.1) is 18.2 Å². The molecule has 3 heterocycles. The highest BCUT2D eigenvalue weighted by molar-refractivity contribution is 5.71. The lowest BCUT2D eigenvalue weighted by Gasteiger charge is -1.99. The van der Waals surface area contributed by atoms with Gasteiger partial charge in [0.15, 0.2) is 5.65 Å². The lowest BCUT2D eigenvalue weighted by Crippen LogP contribution is -1.97. The zero-order valence-electron chi connectivity index (χ0n) is 10.9. The van der Waals surface area contributed by atoms with Gasteiger partial charge in [-0.3, -0.25) is 5.10 Å². The zero-order chi connectivity index (χ0) is 14.1. The van der Waals surface area contributed by atoms with Crippen LogP contribution < -0.4 is 5.32 Å². The van der Waals surface area contributed by atoms with E-state index < -0.39 is 0 Å². The van der Waals surface area contributed by atoms with E-state index in [9.17, 15) is 0 Å². The molecule has 3 N–H and O–H groups in total. The van der Waals surface area contributed by atoms with Gasteiger partial charge in [0, 0.05) is 11.6 Å². The van der Waals surface area contributed by atoms with Crippen LogP contribution in [0.15, 0.2) is 48.9 Å². The van der Waals surface area contributed by atoms with Crippen LogP contribution in [0.1, 0.15) is 0 Å². The molecule has 3 aromatic heterocycles. The number of H-pyrrole nitrogens is 2. The van der Waals surface area contributed by atoms with Gasteiger partial charge in [0.2, 0.25) is 5.95 Å². The van der Waals surface area contributed by atoms with Gasteiger partial charge < -0.3 is 10.3 Å². The highest BCUT2D eigenvalue weighted by atomic mass is 15.2. The second-order valence-electron chi connectivity index (χ2n) is 4.49. The van der Waals surface area contributed by atoms with Gasteiger partial charge in [-0.15, -0.1) is 0 Å². The number of benzene rings is 1. The van der Waals surface area contributed by atoms with E-state index in [1.54, 1.807) is 12.5 Å². The molecule has 0 unspecified atom stereocenters. The fourth-order valence-corrected chi connectivity index (χ4v) is 2.06. The van der Waals surface area contributed by atoms with E-state index in [0.29, 0.717) is 11.6 Å². The molecule has 0 saturated heterocycles. The number of fused-ring (bicyclic) bond motifs is 1.